The number of piperidine rings is 1. The number of likely N-dealkylation sites (tertiary alicyclic amines) is 1. The number of carbonyl (C=O) groups is 1. The molecule has 0 atom stereocenters. The first-order valence-corrected chi connectivity index (χ1v) is 10.2. The van der Waals surface area contributed by atoms with E-state index in [1.165, 1.54) is 6.42 Å². The summed E-state index contributed by atoms with van der Waals surface area (Å²) in [4.78, 5) is 20.1. The fourth-order valence-electron chi connectivity index (χ4n) is 3.12. The molecular formula is C19H19ClN4O2S. The highest BCUT2D eigenvalue weighted by Crippen LogP contribution is 2.25. The summed E-state index contributed by atoms with van der Waals surface area (Å²) in [7, 11) is 0. The Labute approximate surface area is 166 Å². The van der Waals surface area contributed by atoms with E-state index < -0.39 is 0 Å². The Morgan fingerprint density at radius 1 is 1.26 bits per heavy atom. The number of anilines is 1. The van der Waals surface area contributed by atoms with Gasteiger partial charge in [0.2, 0.25) is 11.7 Å². The number of hydrogen-bond donors (Lipinski definition) is 1. The number of nitrogens with one attached hydrogen (secondary N) is 1. The van der Waals surface area contributed by atoms with Gasteiger partial charge in [0.25, 0.3) is 5.91 Å². The second-order valence-corrected chi connectivity index (χ2v) is 7.77. The molecule has 3 aromatic rings. The van der Waals surface area contributed by atoms with Crippen LogP contribution in [0.3, 0.4) is 0 Å². The van der Waals surface area contributed by atoms with Crippen molar-refractivity contribution in [3.63, 3.8) is 0 Å². The SMILES string of the molecule is O=C(c1ccc(Cl)cc1NCc1nc(-c2cccs2)no1)N1CCCCC1. The van der Waals surface area contributed by atoms with E-state index in [9.17, 15) is 4.79 Å². The number of carbonyl (C=O) groups excluding carboxylic acids is 1. The highest BCUT2D eigenvalue weighted by Gasteiger charge is 2.21. The Hall–Kier alpha value is -2.38. The molecule has 27 heavy (non-hydrogen) atoms. The molecule has 1 aliphatic heterocycles. The van der Waals surface area contributed by atoms with Crippen LogP contribution in [-0.2, 0) is 6.54 Å². The fraction of sp³-hybridized carbons (Fsp3) is 0.316. The first kappa shape index (κ1) is 18.0. The second kappa shape index (κ2) is 8.10. The minimum absolute atomic E-state index is 0.0265. The van der Waals surface area contributed by atoms with Crippen LogP contribution in [0.4, 0.5) is 5.69 Å². The van der Waals surface area contributed by atoms with Crippen LogP contribution >= 0.6 is 22.9 Å². The van der Waals surface area contributed by atoms with Gasteiger partial charge in [0.15, 0.2) is 0 Å². The molecule has 0 spiro atoms. The Morgan fingerprint density at radius 2 is 2.11 bits per heavy atom. The third-order valence-corrected chi connectivity index (χ3v) is 5.60. The smallest absolute Gasteiger partial charge is 0.255 e. The van der Waals surface area contributed by atoms with Crippen molar-refractivity contribution in [3.05, 3.63) is 52.2 Å². The first-order chi connectivity index (χ1) is 13.2. The van der Waals surface area contributed by atoms with E-state index in [4.69, 9.17) is 16.1 Å². The quantitative estimate of drug-likeness (QED) is 0.670. The average Bonchev–Trinajstić information content (AvgIpc) is 3.38. The van der Waals surface area contributed by atoms with Gasteiger partial charge in [-0.3, -0.25) is 4.79 Å². The normalized spacial score (nSPS) is 14.3. The summed E-state index contributed by atoms with van der Waals surface area (Å²) >= 11 is 7.70. The Morgan fingerprint density at radius 3 is 2.89 bits per heavy atom. The predicted molar refractivity (Wildman–Crippen MR) is 106 cm³/mol. The standard InChI is InChI=1S/C19H19ClN4O2S/c20-13-6-7-14(19(25)24-8-2-1-3-9-24)15(11-13)21-12-17-22-18(23-26-17)16-5-4-10-27-16/h4-7,10-11,21H,1-3,8-9,12H2. The van der Waals surface area contributed by atoms with Gasteiger partial charge < -0.3 is 14.7 Å². The third-order valence-electron chi connectivity index (χ3n) is 4.50. The zero-order valence-electron chi connectivity index (χ0n) is 14.7. The second-order valence-electron chi connectivity index (χ2n) is 6.39. The topological polar surface area (TPSA) is 71.3 Å². The number of rotatable bonds is 5. The number of benzene rings is 1. The van der Waals surface area contributed by atoms with Crippen molar-refractivity contribution in [2.24, 2.45) is 0 Å². The van der Waals surface area contributed by atoms with Gasteiger partial charge in [-0.2, -0.15) is 4.98 Å². The van der Waals surface area contributed by atoms with Crippen molar-refractivity contribution < 1.29 is 9.32 Å². The van der Waals surface area contributed by atoms with Gasteiger partial charge in [-0.05, 0) is 48.9 Å². The van der Waals surface area contributed by atoms with E-state index in [1.807, 2.05) is 22.4 Å². The lowest BCUT2D eigenvalue weighted by atomic mass is 10.1. The van der Waals surface area contributed by atoms with Crippen LogP contribution in [-0.4, -0.2) is 34.0 Å². The van der Waals surface area contributed by atoms with Crippen molar-refractivity contribution in [1.29, 1.82) is 0 Å². The lowest BCUT2D eigenvalue weighted by Gasteiger charge is -2.27. The summed E-state index contributed by atoms with van der Waals surface area (Å²) in [6.07, 6.45) is 3.28. The zero-order valence-corrected chi connectivity index (χ0v) is 16.2. The molecule has 0 unspecified atom stereocenters. The van der Waals surface area contributed by atoms with Crippen LogP contribution in [0.15, 0.2) is 40.2 Å². The minimum Gasteiger partial charge on any atom is -0.375 e. The molecule has 6 nitrogen and oxygen atoms in total. The number of hydrogen-bond acceptors (Lipinski definition) is 6. The molecule has 0 radical (unpaired) electrons. The molecule has 2 aromatic heterocycles. The van der Waals surface area contributed by atoms with Gasteiger partial charge >= 0.3 is 0 Å². The lowest BCUT2D eigenvalue weighted by Crippen LogP contribution is -2.36. The summed E-state index contributed by atoms with van der Waals surface area (Å²) in [5, 5.41) is 9.76. The summed E-state index contributed by atoms with van der Waals surface area (Å²) in [6, 6.07) is 9.16. The summed E-state index contributed by atoms with van der Waals surface area (Å²) < 4.78 is 5.31. The number of amides is 1. The molecule has 1 saturated heterocycles. The van der Waals surface area contributed by atoms with Crippen LogP contribution in [0, 0.1) is 0 Å². The van der Waals surface area contributed by atoms with Gasteiger partial charge in [-0.1, -0.05) is 22.8 Å². The maximum atomic E-state index is 12.9. The predicted octanol–water partition coefficient (Wildman–Crippen LogP) is 4.69. The van der Waals surface area contributed by atoms with Crippen molar-refractivity contribution in [2.75, 3.05) is 18.4 Å². The largest absolute Gasteiger partial charge is 0.375 e. The molecular weight excluding hydrogens is 384 g/mol. The van der Waals surface area contributed by atoms with E-state index in [0.29, 0.717) is 34.5 Å². The maximum absolute atomic E-state index is 12.9. The van der Waals surface area contributed by atoms with Gasteiger partial charge in [0.1, 0.15) is 0 Å². The van der Waals surface area contributed by atoms with Crippen LogP contribution in [0.5, 0.6) is 0 Å². The van der Waals surface area contributed by atoms with Gasteiger partial charge in [0, 0.05) is 23.8 Å². The van der Waals surface area contributed by atoms with E-state index in [1.54, 1.807) is 29.5 Å². The Kier molecular flexibility index (Phi) is 5.40. The Balaban J connectivity index is 1.50. The molecule has 1 N–H and O–H groups in total. The summed E-state index contributed by atoms with van der Waals surface area (Å²) in [6.45, 7) is 1.92. The molecule has 4 rings (SSSR count). The van der Waals surface area contributed by atoms with E-state index in [0.717, 1.165) is 30.8 Å². The maximum Gasteiger partial charge on any atom is 0.255 e. The monoisotopic (exact) mass is 402 g/mol. The molecule has 140 valence electrons. The minimum atomic E-state index is 0.0265. The lowest BCUT2D eigenvalue weighted by molar-refractivity contribution is 0.0725. The summed E-state index contributed by atoms with van der Waals surface area (Å²) in [5.74, 6) is 1.05. The van der Waals surface area contributed by atoms with Crippen LogP contribution < -0.4 is 5.32 Å². The number of aromatic nitrogens is 2. The van der Waals surface area contributed by atoms with Gasteiger partial charge in [-0.25, -0.2) is 0 Å². The van der Waals surface area contributed by atoms with Crippen LogP contribution in [0.25, 0.3) is 10.7 Å². The molecule has 8 heteroatoms. The Bertz CT molecular complexity index is 920. The fourth-order valence-corrected chi connectivity index (χ4v) is 3.94. The molecule has 1 aliphatic rings. The van der Waals surface area contributed by atoms with Crippen LogP contribution in [0.1, 0.15) is 35.5 Å². The molecule has 1 fully saturated rings. The van der Waals surface area contributed by atoms with Crippen molar-refractivity contribution >= 4 is 34.5 Å². The van der Waals surface area contributed by atoms with Crippen molar-refractivity contribution in [3.8, 4) is 10.7 Å². The van der Waals surface area contributed by atoms with Gasteiger partial charge in [0.05, 0.1) is 17.0 Å². The van der Waals surface area contributed by atoms with Crippen molar-refractivity contribution in [2.45, 2.75) is 25.8 Å². The van der Waals surface area contributed by atoms with E-state index in [2.05, 4.69) is 15.5 Å². The van der Waals surface area contributed by atoms with E-state index in [-0.39, 0.29) is 5.91 Å². The molecule has 0 saturated carbocycles. The van der Waals surface area contributed by atoms with Crippen molar-refractivity contribution in [1.82, 2.24) is 15.0 Å². The highest BCUT2D eigenvalue weighted by atomic mass is 35.5. The average molecular weight is 403 g/mol. The van der Waals surface area contributed by atoms with E-state index >= 15 is 0 Å². The highest BCUT2D eigenvalue weighted by molar-refractivity contribution is 7.13. The molecule has 3 heterocycles. The number of thiophene rings is 1. The van der Waals surface area contributed by atoms with Crippen LogP contribution in [0.2, 0.25) is 5.02 Å². The zero-order chi connectivity index (χ0) is 18.6. The number of nitrogens with zero attached hydrogens (tertiary/aromatic N) is 3. The molecule has 1 aromatic carbocycles. The molecule has 0 bridgehead atoms. The number of halogens is 1. The molecule has 1 amide bonds. The summed E-state index contributed by atoms with van der Waals surface area (Å²) in [5.41, 5.74) is 1.29. The molecule has 0 aliphatic carbocycles. The van der Waals surface area contributed by atoms with Gasteiger partial charge in [-0.15, -0.1) is 11.3 Å². The first-order valence-electron chi connectivity index (χ1n) is 8.90. The third kappa shape index (κ3) is 4.14.